The van der Waals surface area contributed by atoms with Gasteiger partial charge in [0.15, 0.2) is 0 Å². The number of H-pyrrole nitrogens is 1. The Morgan fingerprint density at radius 3 is 2.76 bits per heavy atom. The maximum atomic E-state index is 11.9. The van der Waals surface area contributed by atoms with Crippen LogP contribution in [-0.4, -0.2) is 17.0 Å². The van der Waals surface area contributed by atoms with Gasteiger partial charge in [0.2, 0.25) is 0 Å². The van der Waals surface area contributed by atoms with Gasteiger partial charge in [-0.1, -0.05) is 18.2 Å². The van der Waals surface area contributed by atoms with E-state index < -0.39 is 5.51 Å². The third kappa shape index (κ3) is 3.41. The van der Waals surface area contributed by atoms with Crippen LogP contribution in [0.25, 0.3) is 10.9 Å². The van der Waals surface area contributed by atoms with Crippen LogP contribution < -0.4 is 4.72 Å². The Balaban J connectivity index is 1.91. The van der Waals surface area contributed by atoms with Gasteiger partial charge in [-0.05, 0) is 18.1 Å². The van der Waals surface area contributed by atoms with Gasteiger partial charge in [0.1, 0.15) is 0 Å². The monoisotopic (exact) mass is 260 g/mol. The molecule has 17 heavy (non-hydrogen) atoms. The molecular formula is C11H11F3N2S. The number of para-hydroxylation sites is 1. The molecular weight excluding hydrogens is 249 g/mol. The van der Waals surface area contributed by atoms with E-state index in [1.54, 1.807) is 0 Å². The van der Waals surface area contributed by atoms with Gasteiger partial charge in [-0.15, -0.1) is 0 Å². The molecule has 0 unspecified atom stereocenters. The van der Waals surface area contributed by atoms with E-state index in [0.29, 0.717) is 6.42 Å². The Hall–Kier alpha value is -1.14. The largest absolute Gasteiger partial charge is 0.456 e. The third-order valence-electron chi connectivity index (χ3n) is 2.36. The molecule has 2 rings (SSSR count). The molecule has 1 aromatic carbocycles. The minimum Gasteiger partial charge on any atom is -0.361 e. The molecule has 0 spiro atoms. The molecule has 2 N–H and O–H groups in total. The summed E-state index contributed by atoms with van der Waals surface area (Å²) in [4.78, 5) is 3.09. The maximum absolute atomic E-state index is 11.9. The van der Waals surface area contributed by atoms with E-state index in [1.807, 2.05) is 30.5 Å². The van der Waals surface area contributed by atoms with Crippen molar-refractivity contribution in [3.8, 4) is 0 Å². The van der Waals surface area contributed by atoms with Crippen LogP contribution in [0.4, 0.5) is 13.2 Å². The number of aromatic amines is 1. The third-order valence-corrected chi connectivity index (χ3v) is 2.94. The second-order valence-electron chi connectivity index (χ2n) is 3.55. The Kier molecular flexibility index (Phi) is 3.63. The van der Waals surface area contributed by atoms with E-state index in [2.05, 4.69) is 9.71 Å². The summed E-state index contributed by atoms with van der Waals surface area (Å²) in [5.41, 5.74) is -2.19. The van der Waals surface area contributed by atoms with E-state index in [4.69, 9.17) is 0 Å². The predicted octanol–water partition coefficient (Wildman–Crippen LogP) is 3.47. The van der Waals surface area contributed by atoms with Crippen molar-refractivity contribution in [1.82, 2.24) is 9.71 Å². The van der Waals surface area contributed by atoms with Gasteiger partial charge >= 0.3 is 5.51 Å². The van der Waals surface area contributed by atoms with E-state index in [9.17, 15) is 13.2 Å². The van der Waals surface area contributed by atoms with Gasteiger partial charge in [-0.3, -0.25) is 4.72 Å². The lowest BCUT2D eigenvalue weighted by Crippen LogP contribution is -2.15. The molecule has 0 bridgehead atoms. The summed E-state index contributed by atoms with van der Waals surface area (Å²) in [6.45, 7) is 0.284. The first kappa shape index (κ1) is 12.3. The number of halogens is 3. The first-order chi connectivity index (χ1) is 8.06. The summed E-state index contributed by atoms with van der Waals surface area (Å²) in [6, 6.07) is 7.73. The van der Waals surface area contributed by atoms with Crippen molar-refractivity contribution in [3.05, 3.63) is 36.0 Å². The van der Waals surface area contributed by atoms with Crippen molar-refractivity contribution in [3.63, 3.8) is 0 Å². The number of rotatable bonds is 4. The number of hydrogen-bond donors (Lipinski definition) is 2. The normalized spacial score (nSPS) is 12.2. The average Bonchev–Trinajstić information content (AvgIpc) is 2.67. The smallest absolute Gasteiger partial charge is 0.361 e. The summed E-state index contributed by atoms with van der Waals surface area (Å²) in [5, 5.41) is 1.06. The van der Waals surface area contributed by atoms with Crippen LogP contribution in [0.15, 0.2) is 30.5 Å². The molecule has 0 atom stereocenters. The van der Waals surface area contributed by atoms with Gasteiger partial charge in [-0.25, -0.2) is 0 Å². The SMILES string of the molecule is FC(F)(F)SNCCc1c[nH]c2ccccc12. The van der Waals surface area contributed by atoms with Crippen molar-refractivity contribution in [1.29, 1.82) is 0 Å². The molecule has 1 aromatic heterocycles. The fourth-order valence-corrected chi connectivity index (χ4v) is 2.02. The molecule has 1 heterocycles. The summed E-state index contributed by atoms with van der Waals surface area (Å²) in [7, 11) is 0. The number of nitrogens with one attached hydrogen (secondary N) is 2. The highest BCUT2D eigenvalue weighted by atomic mass is 32.2. The second kappa shape index (κ2) is 5.01. The zero-order chi connectivity index (χ0) is 12.3. The minimum atomic E-state index is -4.22. The first-order valence-corrected chi connectivity index (χ1v) is 5.90. The molecule has 0 radical (unpaired) electrons. The van der Waals surface area contributed by atoms with Crippen molar-refractivity contribution < 1.29 is 13.2 Å². The Bertz CT molecular complexity index is 493. The molecule has 0 aliphatic rings. The highest BCUT2D eigenvalue weighted by Crippen LogP contribution is 2.27. The molecule has 0 saturated carbocycles. The highest BCUT2D eigenvalue weighted by molar-refractivity contribution is 7.98. The summed E-state index contributed by atoms with van der Waals surface area (Å²) < 4.78 is 37.9. The van der Waals surface area contributed by atoms with Crippen molar-refractivity contribution in [2.45, 2.75) is 11.9 Å². The van der Waals surface area contributed by atoms with Gasteiger partial charge in [0, 0.05) is 35.6 Å². The predicted molar refractivity (Wildman–Crippen MR) is 63.7 cm³/mol. The number of fused-ring (bicyclic) bond motifs is 1. The molecule has 6 heteroatoms. The van der Waals surface area contributed by atoms with Crippen LogP contribution in [0, 0.1) is 0 Å². The summed E-state index contributed by atoms with van der Waals surface area (Å²) >= 11 is -0.199. The lowest BCUT2D eigenvalue weighted by atomic mass is 10.1. The van der Waals surface area contributed by atoms with Gasteiger partial charge in [0.25, 0.3) is 0 Å². The number of aromatic nitrogens is 1. The molecule has 2 aromatic rings. The first-order valence-electron chi connectivity index (χ1n) is 5.09. The number of benzene rings is 1. The van der Waals surface area contributed by atoms with Gasteiger partial charge < -0.3 is 4.98 Å². The van der Waals surface area contributed by atoms with E-state index in [0.717, 1.165) is 16.5 Å². The molecule has 0 saturated heterocycles. The maximum Gasteiger partial charge on any atom is 0.456 e. The van der Waals surface area contributed by atoms with Gasteiger partial charge in [0.05, 0.1) is 0 Å². The van der Waals surface area contributed by atoms with Crippen molar-refractivity contribution in [2.24, 2.45) is 0 Å². The topological polar surface area (TPSA) is 27.8 Å². The Morgan fingerprint density at radius 1 is 1.24 bits per heavy atom. The van der Waals surface area contributed by atoms with Crippen LogP contribution in [0.5, 0.6) is 0 Å². The second-order valence-corrected chi connectivity index (χ2v) is 4.51. The van der Waals surface area contributed by atoms with Crippen LogP contribution in [0.1, 0.15) is 5.56 Å². The zero-order valence-corrected chi connectivity index (χ0v) is 9.66. The van der Waals surface area contributed by atoms with E-state index >= 15 is 0 Å². The fraction of sp³-hybridized carbons (Fsp3) is 0.273. The number of alkyl halides is 3. The van der Waals surface area contributed by atoms with Crippen LogP contribution >= 0.6 is 11.9 Å². The summed E-state index contributed by atoms with van der Waals surface area (Å²) in [6.07, 6.45) is 2.40. The highest BCUT2D eigenvalue weighted by Gasteiger charge is 2.28. The van der Waals surface area contributed by atoms with Crippen LogP contribution in [0.3, 0.4) is 0 Å². The molecule has 0 aliphatic carbocycles. The van der Waals surface area contributed by atoms with Gasteiger partial charge in [-0.2, -0.15) is 13.2 Å². The Morgan fingerprint density at radius 2 is 2.00 bits per heavy atom. The van der Waals surface area contributed by atoms with Crippen LogP contribution in [-0.2, 0) is 6.42 Å². The zero-order valence-electron chi connectivity index (χ0n) is 8.84. The minimum absolute atomic E-state index is 0.199. The lowest BCUT2D eigenvalue weighted by molar-refractivity contribution is -0.0335. The molecule has 2 nitrogen and oxygen atoms in total. The average molecular weight is 260 g/mol. The fourth-order valence-electron chi connectivity index (χ4n) is 1.66. The molecule has 0 aliphatic heterocycles. The van der Waals surface area contributed by atoms with Crippen molar-refractivity contribution >= 4 is 22.9 Å². The quantitative estimate of drug-likeness (QED) is 0.650. The lowest BCUT2D eigenvalue weighted by Gasteiger charge is -2.06. The van der Waals surface area contributed by atoms with Crippen LogP contribution in [0.2, 0.25) is 0 Å². The Labute approximate surface area is 101 Å². The molecule has 0 amide bonds. The number of hydrogen-bond acceptors (Lipinski definition) is 2. The molecule has 92 valence electrons. The van der Waals surface area contributed by atoms with E-state index in [1.165, 1.54) is 0 Å². The summed E-state index contributed by atoms with van der Waals surface area (Å²) in [5.74, 6) is 0. The molecule has 0 fully saturated rings. The standard InChI is InChI=1S/C11H11F3N2S/c12-11(13,14)17-16-6-5-8-7-15-10-4-2-1-3-9(8)10/h1-4,7,15-16H,5-6H2. The van der Waals surface area contributed by atoms with E-state index in [-0.39, 0.29) is 18.5 Å². The van der Waals surface area contributed by atoms with Crippen molar-refractivity contribution in [2.75, 3.05) is 6.54 Å².